The highest BCUT2D eigenvalue weighted by molar-refractivity contribution is 5.69. The molecule has 2 rings (SSSR count). The summed E-state index contributed by atoms with van der Waals surface area (Å²) >= 11 is 0. The van der Waals surface area contributed by atoms with E-state index in [-0.39, 0.29) is 22.9 Å². The summed E-state index contributed by atoms with van der Waals surface area (Å²) < 4.78 is 17.4. The van der Waals surface area contributed by atoms with Crippen molar-refractivity contribution in [2.45, 2.75) is 0 Å². The maximum Gasteiger partial charge on any atom is 0.222 e. The number of nitrogens with zero attached hydrogens (tertiary/aromatic N) is 1. The molecule has 15 heavy (non-hydrogen) atoms. The van der Waals surface area contributed by atoms with Crippen molar-refractivity contribution in [3.05, 3.63) is 24.0 Å². The maximum atomic E-state index is 12.8. The molecule has 1 heterocycles. The molecule has 2 aromatic rings. The van der Waals surface area contributed by atoms with Gasteiger partial charge in [0, 0.05) is 17.7 Å². The Kier molecular flexibility index (Phi) is 1.96. The topological polar surface area (TPSA) is 92.5 Å². The van der Waals surface area contributed by atoms with E-state index < -0.39 is 11.6 Å². The van der Waals surface area contributed by atoms with Crippen LogP contribution >= 0.6 is 0 Å². The molecule has 0 fully saturated rings. The lowest BCUT2D eigenvalue weighted by Gasteiger charge is -2.02. The molecule has 78 valence electrons. The fourth-order valence-corrected chi connectivity index (χ4v) is 1.17. The molecule has 0 amide bonds. The van der Waals surface area contributed by atoms with Crippen LogP contribution in [-0.4, -0.2) is 15.4 Å². The number of aromatic hydroxyl groups is 2. The van der Waals surface area contributed by atoms with Crippen LogP contribution in [-0.2, 0) is 0 Å². The van der Waals surface area contributed by atoms with Crippen LogP contribution in [0, 0.1) is 5.82 Å². The zero-order chi connectivity index (χ0) is 11.0. The van der Waals surface area contributed by atoms with Gasteiger partial charge in [0.25, 0.3) is 0 Å². The molecule has 0 aliphatic rings. The number of nitrogens with two attached hydrogens (primary N) is 1. The minimum absolute atomic E-state index is 0.0632. The molecule has 0 aliphatic carbocycles. The second-order valence-electron chi connectivity index (χ2n) is 2.94. The van der Waals surface area contributed by atoms with Gasteiger partial charge in [-0.15, -0.1) is 0 Å². The Bertz CT molecular complexity index is 510. The summed E-state index contributed by atoms with van der Waals surface area (Å²) in [6.45, 7) is 0. The molecule has 4 N–H and O–H groups in total. The van der Waals surface area contributed by atoms with Gasteiger partial charge in [0.05, 0.1) is 0 Å². The summed E-state index contributed by atoms with van der Waals surface area (Å²) in [5, 5.41) is 22.0. The standard InChI is InChI=1S/C9H7FN2O3/c10-5-2-7(13)4(1-8(5)14)6-3-9(11)15-12-6/h1-3,13-14H,11H2. The molecule has 0 saturated heterocycles. The molecule has 5 nitrogen and oxygen atoms in total. The third kappa shape index (κ3) is 1.56. The summed E-state index contributed by atoms with van der Waals surface area (Å²) in [4.78, 5) is 0. The highest BCUT2D eigenvalue weighted by Gasteiger charge is 2.13. The van der Waals surface area contributed by atoms with Gasteiger partial charge in [0.15, 0.2) is 11.6 Å². The lowest BCUT2D eigenvalue weighted by molar-refractivity contribution is 0.420. The maximum absolute atomic E-state index is 12.8. The van der Waals surface area contributed by atoms with Gasteiger partial charge in [-0.3, -0.25) is 0 Å². The first kappa shape index (κ1) is 9.32. The average molecular weight is 210 g/mol. The fourth-order valence-electron chi connectivity index (χ4n) is 1.17. The van der Waals surface area contributed by atoms with Crippen molar-refractivity contribution in [2.75, 3.05) is 5.73 Å². The van der Waals surface area contributed by atoms with E-state index in [1.807, 2.05) is 0 Å². The van der Waals surface area contributed by atoms with Crippen LogP contribution in [0.2, 0.25) is 0 Å². The Hall–Kier alpha value is -2.24. The summed E-state index contributed by atoms with van der Waals surface area (Å²) in [6, 6.07) is 3.18. The Morgan fingerprint density at radius 2 is 1.93 bits per heavy atom. The number of nitrogen functional groups attached to an aromatic ring is 1. The minimum atomic E-state index is -0.910. The third-order valence-corrected chi connectivity index (χ3v) is 1.87. The van der Waals surface area contributed by atoms with E-state index in [2.05, 4.69) is 9.68 Å². The molecular formula is C9H7FN2O3. The summed E-state index contributed by atoms with van der Waals surface area (Å²) in [5.74, 6) is -1.77. The third-order valence-electron chi connectivity index (χ3n) is 1.87. The van der Waals surface area contributed by atoms with E-state index in [1.165, 1.54) is 6.07 Å². The molecule has 0 saturated carbocycles. The van der Waals surface area contributed by atoms with Gasteiger partial charge in [-0.25, -0.2) is 4.39 Å². The van der Waals surface area contributed by atoms with Crippen molar-refractivity contribution in [1.29, 1.82) is 0 Å². The Morgan fingerprint density at radius 3 is 2.53 bits per heavy atom. The second-order valence-corrected chi connectivity index (χ2v) is 2.94. The second kappa shape index (κ2) is 3.16. The van der Waals surface area contributed by atoms with Crippen molar-refractivity contribution in [3.63, 3.8) is 0 Å². The lowest BCUT2D eigenvalue weighted by Crippen LogP contribution is -1.82. The Morgan fingerprint density at radius 1 is 1.20 bits per heavy atom. The van der Waals surface area contributed by atoms with E-state index in [4.69, 9.17) is 10.8 Å². The van der Waals surface area contributed by atoms with Gasteiger partial charge in [-0.2, -0.15) is 0 Å². The number of phenols is 2. The molecular weight excluding hydrogens is 203 g/mol. The smallest absolute Gasteiger partial charge is 0.222 e. The van der Waals surface area contributed by atoms with Gasteiger partial charge >= 0.3 is 0 Å². The number of aromatic nitrogens is 1. The summed E-state index contributed by atoms with van der Waals surface area (Å²) in [5.41, 5.74) is 5.66. The van der Waals surface area contributed by atoms with Crippen LogP contribution in [0.1, 0.15) is 0 Å². The normalized spacial score (nSPS) is 10.5. The van der Waals surface area contributed by atoms with Crippen LogP contribution in [0.4, 0.5) is 10.3 Å². The molecule has 6 heteroatoms. The lowest BCUT2D eigenvalue weighted by atomic mass is 10.1. The van der Waals surface area contributed by atoms with Crippen molar-refractivity contribution in [1.82, 2.24) is 5.16 Å². The first-order valence-electron chi connectivity index (χ1n) is 4.02. The van der Waals surface area contributed by atoms with Crippen LogP contribution < -0.4 is 5.73 Å². The average Bonchev–Trinajstić information content (AvgIpc) is 2.58. The molecule has 0 radical (unpaired) electrons. The number of phenolic OH excluding ortho intramolecular Hbond substituents is 2. The number of hydrogen-bond donors (Lipinski definition) is 3. The van der Waals surface area contributed by atoms with Gasteiger partial charge in [-0.1, -0.05) is 5.16 Å². The summed E-state index contributed by atoms with van der Waals surface area (Å²) in [7, 11) is 0. The van der Waals surface area contributed by atoms with E-state index in [9.17, 15) is 9.50 Å². The van der Waals surface area contributed by atoms with Crippen molar-refractivity contribution in [3.8, 4) is 22.8 Å². The number of rotatable bonds is 1. The van der Waals surface area contributed by atoms with E-state index in [1.54, 1.807) is 0 Å². The van der Waals surface area contributed by atoms with E-state index >= 15 is 0 Å². The molecule has 0 atom stereocenters. The number of benzene rings is 1. The Labute approximate surface area is 83.5 Å². The number of hydrogen-bond acceptors (Lipinski definition) is 5. The van der Waals surface area contributed by atoms with Crippen molar-refractivity contribution >= 4 is 5.88 Å². The van der Waals surface area contributed by atoms with Gasteiger partial charge in [0.2, 0.25) is 5.88 Å². The van der Waals surface area contributed by atoms with Gasteiger partial charge < -0.3 is 20.5 Å². The zero-order valence-electron chi connectivity index (χ0n) is 7.44. The highest BCUT2D eigenvalue weighted by atomic mass is 19.1. The monoisotopic (exact) mass is 210 g/mol. The van der Waals surface area contributed by atoms with Crippen molar-refractivity contribution < 1.29 is 19.1 Å². The predicted octanol–water partition coefficient (Wildman–Crippen LogP) is 1.47. The first-order chi connectivity index (χ1) is 7.08. The molecule has 0 spiro atoms. The van der Waals surface area contributed by atoms with E-state index in [0.717, 1.165) is 12.1 Å². The van der Waals surface area contributed by atoms with Crippen LogP contribution in [0.3, 0.4) is 0 Å². The first-order valence-corrected chi connectivity index (χ1v) is 4.02. The highest BCUT2D eigenvalue weighted by Crippen LogP contribution is 2.33. The van der Waals surface area contributed by atoms with Gasteiger partial charge in [-0.05, 0) is 6.07 Å². The predicted molar refractivity (Wildman–Crippen MR) is 49.6 cm³/mol. The van der Waals surface area contributed by atoms with Crippen LogP contribution in [0.15, 0.2) is 22.7 Å². The SMILES string of the molecule is Nc1cc(-c2cc(O)c(F)cc2O)no1. The minimum Gasteiger partial charge on any atom is -0.507 e. The van der Waals surface area contributed by atoms with Crippen LogP contribution in [0.25, 0.3) is 11.3 Å². The van der Waals surface area contributed by atoms with Crippen LogP contribution in [0.5, 0.6) is 11.5 Å². The van der Waals surface area contributed by atoms with Gasteiger partial charge in [0.1, 0.15) is 11.4 Å². The zero-order valence-corrected chi connectivity index (χ0v) is 7.44. The molecule has 1 aromatic carbocycles. The summed E-state index contributed by atoms with van der Waals surface area (Å²) in [6.07, 6.45) is 0. The van der Waals surface area contributed by atoms with Crippen molar-refractivity contribution in [2.24, 2.45) is 0 Å². The molecule has 0 unspecified atom stereocenters. The number of halogens is 1. The molecule has 1 aromatic heterocycles. The Balaban J connectivity index is 2.58. The number of anilines is 1. The molecule has 0 bridgehead atoms. The largest absolute Gasteiger partial charge is 0.507 e. The molecule has 0 aliphatic heterocycles. The van der Waals surface area contributed by atoms with E-state index in [0.29, 0.717) is 0 Å². The fraction of sp³-hybridized carbons (Fsp3) is 0. The quantitative estimate of drug-likeness (QED) is 0.620.